The number of likely N-dealkylation sites (tertiary alicyclic amines) is 1. The zero-order valence-electron chi connectivity index (χ0n) is 19.9. The summed E-state index contributed by atoms with van der Waals surface area (Å²) in [4.78, 5) is 22.6. The molecule has 3 rings (SSSR count). The summed E-state index contributed by atoms with van der Waals surface area (Å²) >= 11 is 0. The highest BCUT2D eigenvalue weighted by Crippen LogP contribution is 2.33. The van der Waals surface area contributed by atoms with E-state index in [2.05, 4.69) is 9.80 Å². The molecule has 1 spiro atoms. The Kier molecular flexibility index (Phi) is 12.2. The summed E-state index contributed by atoms with van der Waals surface area (Å²) < 4.78 is 82.4. The third-order valence-electron chi connectivity index (χ3n) is 5.63. The number of β-amino-alcohol motifs (C(OH)–C–C–N with tert-alkyl or cyclic N) is 1. The van der Waals surface area contributed by atoms with E-state index in [0.717, 1.165) is 64.3 Å². The van der Waals surface area contributed by atoms with E-state index >= 15 is 0 Å². The average Bonchev–Trinajstić information content (AvgIpc) is 2.78. The van der Waals surface area contributed by atoms with Crippen molar-refractivity contribution in [2.75, 3.05) is 39.4 Å². The van der Waals surface area contributed by atoms with Crippen molar-refractivity contribution >= 4 is 11.9 Å². The zero-order valence-corrected chi connectivity index (χ0v) is 19.9. The lowest BCUT2D eigenvalue weighted by Crippen LogP contribution is -2.61. The third-order valence-corrected chi connectivity index (χ3v) is 5.63. The molecule has 1 aromatic carbocycles. The Balaban J connectivity index is 0.000000404. The maximum atomic E-state index is 13.1. The predicted octanol–water partition coefficient (Wildman–Crippen LogP) is 3.14. The number of morpholine rings is 1. The molecule has 1 unspecified atom stereocenters. The number of aliphatic hydroxyl groups is 1. The van der Waals surface area contributed by atoms with Gasteiger partial charge in [0.15, 0.2) is 0 Å². The van der Waals surface area contributed by atoms with Gasteiger partial charge in [0.05, 0.1) is 19.3 Å². The van der Waals surface area contributed by atoms with Gasteiger partial charge in [-0.2, -0.15) is 26.3 Å². The Labute approximate surface area is 208 Å². The molecule has 2 saturated heterocycles. The summed E-state index contributed by atoms with van der Waals surface area (Å²) in [5.41, 5.74) is 1.24. The summed E-state index contributed by atoms with van der Waals surface area (Å²) in [7, 11) is 0. The minimum atomic E-state index is -5.08. The van der Waals surface area contributed by atoms with Gasteiger partial charge < -0.3 is 25.0 Å². The normalized spacial score (nSPS) is 19.2. The molecule has 212 valence electrons. The van der Waals surface area contributed by atoms with Gasteiger partial charge in [-0.1, -0.05) is 12.1 Å². The standard InChI is InChI=1S/C18H27FN2O2.2C2HF3O2/c1-15(22)12-20-8-6-18(7-9-20)14-23-11-10-21(18)13-16-2-4-17(19)5-3-16;2*3-2(4,5)1(6)7/h2-5,15,22H,6-14H2,1H3;2*(H,6,7). The maximum absolute atomic E-state index is 13.1. The smallest absolute Gasteiger partial charge is 0.475 e. The Morgan fingerprint density at radius 2 is 1.43 bits per heavy atom. The van der Waals surface area contributed by atoms with Crippen molar-refractivity contribution in [1.82, 2.24) is 9.80 Å². The van der Waals surface area contributed by atoms with Gasteiger partial charge in [-0.15, -0.1) is 0 Å². The molecule has 8 nitrogen and oxygen atoms in total. The van der Waals surface area contributed by atoms with E-state index < -0.39 is 24.3 Å². The molecular weight excluding hydrogens is 521 g/mol. The van der Waals surface area contributed by atoms with E-state index in [1.165, 1.54) is 12.1 Å². The van der Waals surface area contributed by atoms with Gasteiger partial charge in [-0.25, -0.2) is 14.0 Å². The minimum Gasteiger partial charge on any atom is -0.475 e. The van der Waals surface area contributed by atoms with Crippen LogP contribution in [0.2, 0.25) is 0 Å². The molecule has 2 fully saturated rings. The Bertz CT molecular complexity index is 831. The molecule has 2 aliphatic heterocycles. The fourth-order valence-electron chi connectivity index (χ4n) is 3.81. The van der Waals surface area contributed by atoms with Crippen molar-refractivity contribution < 1.29 is 60.4 Å². The highest BCUT2D eigenvalue weighted by Gasteiger charge is 2.42. The molecule has 0 aromatic heterocycles. The fraction of sp³-hybridized carbons (Fsp3) is 0.636. The molecule has 2 heterocycles. The first-order valence-electron chi connectivity index (χ1n) is 11.0. The molecule has 0 saturated carbocycles. The topological polar surface area (TPSA) is 111 Å². The van der Waals surface area contributed by atoms with E-state index in [1.54, 1.807) is 0 Å². The molecule has 0 amide bonds. The SMILES string of the molecule is CC(O)CN1CCC2(CC1)COCCN2Cc1ccc(F)cc1.O=C(O)C(F)(F)F.O=C(O)C(F)(F)F. The van der Waals surface area contributed by atoms with Crippen LogP contribution < -0.4 is 0 Å². The van der Waals surface area contributed by atoms with Gasteiger partial charge in [-0.05, 0) is 37.5 Å². The zero-order chi connectivity index (χ0) is 28.4. The number of benzene rings is 1. The Morgan fingerprint density at radius 1 is 0.973 bits per heavy atom. The maximum Gasteiger partial charge on any atom is 0.490 e. The number of halogens is 7. The van der Waals surface area contributed by atoms with E-state index in [4.69, 9.17) is 24.5 Å². The summed E-state index contributed by atoms with van der Waals surface area (Å²) in [5, 5.41) is 23.8. The van der Waals surface area contributed by atoms with Crippen LogP contribution in [0.1, 0.15) is 25.3 Å². The molecule has 37 heavy (non-hydrogen) atoms. The van der Waals surface area contributed by atoms with Crippen LogP contribution in [0.25, 0.3) is 0 Å². The first kappa shape index (κ1) is 32.5. The minimum absolute atomic E-state index is 0.0851. The van der Waals surface area contributed by atoms with Crippen molar-refractivity contribution in [3.8, 4) is 0 Å². The van der Waals surface area contributed by atoms with E-state index in [-0.39, 0.29) is 17.5 Å². The van der Waals surface area contributed by atoms with Crippen molar-refractivity contribution in [1.29, 1.82) is 0 Å². The second-order valence-electron chi connectivity index (χ2n) is 8.58. The van der Waals surface area contributed by atoms with Crippen LogP contribution in [-0.2, 0) is 20.9 Å². The van der Waals surface area contributed by atoms with Crippen molar-refractivity contribution in [3.63, 3.8) is 0 Å². The summed E-state index contributed by atoms with van der Waals surface area (Å²) in [6, 6.07) is 6.82. The lowest BCUT2D eigenvalue weighted by atomic mass is 9.85. The lowest BCUT2D eigenvalue weighted by molar-refractivity contribution is -0.193. The number of hydrogen-bond donors (Lipinski definition) is 3. The number of aliphatic hydroxyl groups excluding tert-OH is 1. The highest BCUT2D eigenvalue weighted by molar-refractivity contribution is 5.73. The number of piperidine rings is 1. The number of hydrogen-bond acceptors (Lipinski definition) is 6. The molecule has 1 atom stereocenters. The number of aliphatic carboxylic acids is 2. The van der Waals surface area contributed by atoms with Crippen LogP contribution in [0.15, 0.2) is 24.3 Å². The van der Waals surface area contributed by atoms with Gasteiger partial charge in [0, 0.05) is 38.3 Å². The van der Waals surface area contributed by atoms with Crippen molar-refractivity contribution in [2.24, 2.45) is 0 Å². The van der Waals surface area contributed by atoms with Gasteiger partial charge >= 0.3 is 24.3 Å². The molecule has 1 aromatic rings. The van der Waals surface area contributed by atoms with Crippen LogP contribution in [0.5, 0.6) is 0 Å². The molecule has 15 heteroatoms. The summed E-state index contributed by atoms with van der Waals surface area (Å²) in [5.74, 6) is -5.70. The Hall–Kier alpha value is -2.49. The van der Waals surface area contributed by atoms with Crippen LogP contribution in [0.4, 0.5) is 30.7 Å². The fourth-order valence-corrected chi connectivity index (χ4v) is 3.81. The largest absolute Gasteiger partial charge is 0.490 e. The number of ether oxygens (including phenoxy) is 1. The Morgan fingerprint density at radius 3 is 1.84 bits per heavy atom. The second kappa shape index (κ2) is 13.9. The van der Waals surface area contributed by atoms with E-state index in [9.17, 15) is 35.8 Å². The number of alkyl halides is 6. The summed E-state index contributed by atoms with van der Waals surface area (Å²) in [6.07, 6.45) is -8.33. The molecule has 2 aliphatic rings. The van der Waals surface area contributed by atoms with Gasteiger partial charge in [0.1, 0.15) is 5.82 Å². The number of rotatable bonds is 4. The molecule has 0 radical (unpaired) electrons. The molecule has 3 N–H and O–H groups in total. The number of nitrogens with zero attached hydrogens (tertiary/aromatic N) is 2. The van der Waals surface area contributed by atoms with Crippen molar-refractivity contribution in [3.05, 3.63) is 35.6 Å². The van der Waals surface area contributed by atoms with Crippen LogP contribution in [0.3, 0.4) is 0 Å². The predicted molar refractivity (Wildman–Crippen MR) is 115 cm³/mol. The summed E-state index contributed by atoms with van der Waals surface area (Å²) in [6.45, 7) is 7.89. The van der Waals surface area contributed by atoms with E-state index in [0.29, 0.717) is 0 Å². The molecule has 0 bridgehead atoms. The third kappa shape index (κ3) is 11.6. The molecular formula is C22H29F7N2O6. The second-order valence-corrected chi connectivity index (χ2v) is 8.58. The average molecular weight is 550 g/mol. The van der Waals surface area contributed by atoms with Gasteiger partial charge in [0.25, 0.3) is 0 Å². The van der Waals surface area contributed by atoms with Crippen LogP contribution in [-0.4, -0.2) is 100 Å². The number of carbonyl (C=O) groups is 2. The number of carboxylic acid groups (broad SMARTS) is 2. The van der Waals surface area contributed by atoms with Crippen LogP contribution in [0, 0.1) is 5.82 Å². The van der Waals surface area contributed by atoms with E-state index in [1.807, 2.05) is 19.1 Å². The first-order valence-corrected chi connectivity index (χ1v) is 11.0. The highest BCUT2D eigenvalue weighted by atomic mass is 19.4. The lowest BCUT2D eigenvalue weighted by Gasteiger charge is -2.51. The van der Waals surface area contributed by atoms with Crippen LogP contribution >= 0.6 is 0 Å². The molecule has 0 aliphatic carbocycles. The van der Waals surface area contributed by atoms with Crippen molar-refractivity contribution in [2.45, 2.75) is 50.3 Å². The quantitative estimate of drug-likeness (QED) is 0.491. The first-order chi connectivity index (χ1) is 17.0. The van der Waals surface area contributed by atoms with Gasteiger partial charge in [-0.3, -0.25) is 4.90 Å². The van der Waals surface area contributed by atoms with Gasteiger partial charge in [0.2, 0.25) is 0 Å². The monoisotopic (exact) mass is 550 g/mol. The number of carboxylic acids is 2.